The average Bonchev–Trinajstić information content (AvgIpc) is 2.56. The Labute approximate surface area is 95.3 Å². The molecule has 1 amide bonds. The lowest BCUT2D eigenvalue weighted by atomic mass is 10.1. The van der Waals surface area contributed by atoms with Gasteiger partial charge in [0.2, 0.25) is 0 Å². The molecule has 2 rings (SSSR count). The fourth-order valence-electron chi connectivity index (χ4n) is 1.99. The smallest absolute Gasteiger partial charge is 0.388 e. The Balaban J connectivity index is 2.18. The minimum atomic E-state index is -4.90. The summed E-state index contributed by atoms with van der Waals surface area (Å²) in [5, 5.41) is 11.5. The molecule has 1 aliphatic carbocycles. The minimum absolute atomic E-state index is 0.0706. The number of nitrogens with one attached hydrogen (secondary N) is 1. The van der Waals surface area contributed by atoms with Gasteiger partial charge in [-0.25, -0.2) is 0 Å². The Morgan fingerprint density at radius 3 is 2.47 bits per heavy atom. The first-order valence-corrected chi connectivity index (χ1v) is 5.04. The van der Waals surface area contributed by atoms with Crippen LogP contribution in [0.4, 0.5) is 13.2 Å². The molecule has 17 heavy (non-hydrogen) atoms. The summed E-state index contributed by atoms with van der Waals surface area (Å²) < 4.78 is 36.3. The molecule has 1 aromatic rings. The highest BCUT2D eigenvalue weighted by Gasteiger charge is 2.41. The van der Waals surface area contributed by atoms with Crippen LogP contribution in [0.2, 0.25) is 0 Å². The Kier molecular flexibility index (Phi) is 2.82. The average molecular weight is 245 g/mol. The van der Waals surface area contributed by atoms with Crippen molar-refractivity contribution >= 4 is 5.91 Å². The molecule has 92 valence electrons. The van der Waals surface area contributed by atoms with Crippen LogP contribution in [0.15, 0.2) is 24.3 Å². The van der Waals surface area contributed by atoms with E-state index in [4.69, 9.17) is 0 Å². The number of fused-ring (bicyclic) bond motifs is 1. The monoisotopic (exact) mass is 245 g/mol. The van der Waals surface area contributed by atoms with Crippen molar-refractivity contribution in [3.05, 3.63) is 35.4 Å². The fraction of sp³-hybridized carbons (Fsp3) is 0.364. The van der Waals surface area contributed by atoms with Crippen molar-refractivity contribution in [3.63, 3.8) is 0 Å². The highest BCUT2D eigenvalue weighted by atomic mass is 19.4. The van der Waals surface area contributed by atoms with Crippen molar-refractivity contribution in [2.75, 3.05) is 0 Å². The van der Waals surface area contributed by atoms with E-state index in [0.29, 0.717) is 11.1 Å². The summed E-state index contributed by atoms with van der Waals surface area (Å²) in [6, 6.07) is 5.81. The van der Waals surface area contributed by atoms with Crippen LogP contribution in [0.3, 0.4) is 0 Å². The summed E-state index contributed by atoms with van der Waals surface area (Å²) in [5.74, 6) is -1.98. The van der Waals surface area contributed by atoms with Gasteiger partial charge in [-0.15, -0.1) is 0 Å². The zero-order chi connectivity index (χ0) is 12.6. The van der Waals surface area contributed by atoms with E-state index in [0.717, 1.165) is 0 Å². The van der Waals surface area contributed by atoms with Crippen molar-refractivity contribution in [2.24, 2.45) is 0 Å². The van der Waals surface area contributed by atoms with Crippen LogP contribution in [0, 0.1) is 0 Å². The molecular formula is C11H10F3NO2. The molecule has 0 radical (unpaired) electrons. The van der Waals surface area contributed by atoms with Gasteiger partial charge in [0.1, 0.15) is 0 Å². The van der Waals surface area contributed by atoms with Crippen molar-refractivity contribution in [3.8, 4) is 0 Å². The number of benzene rings is 1. The quantitative estimate of drug-likeness (QED) is 0.793. The number of rotatable bonds is 1. The van der Waals surface area contributed by atoms with Gasteiger partial charge in [-0.3, -0.25) is 4.79 Å². The first-order chi connectivity index (χ1) is 7.89. The molecule has 0 unspecified atom stereocenters. The van der Waals surface area contributed by atoms with Gasteiger partial charge >= 0.3 is 12.1 Å². The highest BCUT2D eigenvalue weighted by molar-refractivity contribution is 5.82. The lowest BCUT2D eigenvalue weighted by Gasteiger charge is -2.15. The number of carbonyl (C=O) groups excluding carboxylic acids is 1. The summed E-state index contributed by atoms with van der Waals surface area (Å²) in [5.41, 5.74) is 1.11. The van der Waals surface area contributed by atoms with E-state index in [9.17, 15) is 23.1 Å². The topological polar surface area (TPSA) is 49.3 Å². The van der Waals surface area contributed by atoms with E-state index in [1.54, 1.807) is 24.3 Å². The first kappa shape index (κ1) is 11.9. The van der Waals surface area contributed by atoms with Crippen LogP contribution >= 0.6 is 0 Å². The predicted molar refractivity (Wildman–Crippen MR) is 53.0 cm³/mol. The molecule has 2 N–H and O–H groups in total. The number of halogens is 3. The van der Waals surface area contributed by atoms with E-state index in [1.807, 2.05) is 5.32 Å². The maximum atomic E-state index is 12.1. The van der Waals surface area contributed by atoms with Crippen molar-refractivity contribution in [1.82, 2.24) is 5.32 Å². The van der Waals surface area contributed by atoms with E-state index < -0.39 is 24.2 Å². The van der Waals surface area contributed by atoms with Gasteiger partial charge in [-0.1, -0.05) is 24.3 Å². The predicted octanol–water partition coefficient (Wildman–Crippen LogP) is 1.84. The largest absolute Gasteiger partial charge is 0.471 e. The van der Waals surface area contributed by atoms with Gasteiger partial charge in [0, 0.05) is 6.42 Å². The molecule has 0 bridgehead atoms. The number of hydrogen-bond donors (Lipinski definition) is 2. The third kappa shape index (κ3) is 2.26. The van der Waals surface area contributed by atoms with Crippen molar-refractivity contribution in [1.29, 1.82) is 0 Å². The van der Waals surface area contributed by atoms with E-state index >= 15 is 0 Å². The van der Waals surface area contributed by atoms with Gasteiger partial charge in [-0.05, 0) is 11.1 Å². The second-order valence-corrected chi connectivity index (χ2v) is 3.90. The van der Waals surface area contributed by atoms with Crippen LogP contribution < -0.4 is 5.32 Å². The summed E-state index contributed by atoms with van der Waals surface area (Å²) in [4.78, 5) is 10.8. The van der Waals surface area contributed by atoms with Crippen LogP contribution in [0.1, 0.15) is 29.7 Å². The molecule has 0 spiro atoms. The Morgan fingerprint density at radius 1 is 1.29 bits per heavy atom. The number of aliphatic hydroxyl groups is 1. The van der Waals surface area contributed by atoms with Crippen molar-refractivity contribution < 1.29 is 23.1 Å². The standard InChI is InChI=1S/C11H10F3NO2/c12-11(13,14)10(17)15-8-5-9(16)7-4-2-1-3-6(7)8/h1-4,8-9,16H,5H2,(H,15,17)/t8-,9+/m1/s1. The fourth-order valence-corrected chi connectivity index (χ4v) is 1.99. The Morgan fingerprint density at radius 2 is 1.88 bits per heavy atom. The molecule has 3 nitrogen and oxygen atoms in total. The lowest BCUT2D eigenvalue weighted by molar-refractivity contribution is -0.174. The third-order valence-electron chi connectivity index (χ3n) is 2.75. The number of carbonyl (C=O) groups is 1. The Hall–Kier alpha value is -1.56. The van der Waals surface area contributed by atoms with Crippen LogP contribution in [0.25, 0.3) is 0 Å². The molecule has 1 aliphatic rings. The van der Waals surface area contributed by atoms with E-state index in [-0.39, 0.29) is 6.42 Å². The maximum Gasteiger partial charge on any atom is 0.471 e. The number of amides is 1. The first-order valence-electron chi connectivity index (χ1n) is 5.04. The molecule has 0 fully saturated rings. The molecular weight excluding hydrogens is 235 g/mol. The molecule has 0 heterocycles. The van der Waals surface area contributed by atoms with Crippen molar-refractivity contribution in [2.45, 2.75) is 24.7 Å². The zero-order valence-electron chi connectivity index (χ0n) is 8.66. The zero-order valence-corrected chi connectivity index (χ0v) is 8.66. The lowest BCUT2D eigenvalue weighted by Crippen LogP contribution is -2.38. The van der Waals surface area contributed by atoms with E-state index in [2.05, 4.69) is 0 Å². The molecule has 0 saturated carbocycles. The molecule has 6 heteroatoms. The SMILES string of the molecule is O=C(N[C@@H]1C[C@H](O)c2ccccc21)C(F)(F)F. The van der Waals surface area contributed by atoms with Gasteiger partial charge in [-0.2, -0.15) is 13.2 Å². The molecule has 1 aromatic carbocycles. The molecule has 0 aromatic heterocycles. The third-order valence-corrected chi connectivity index (χ3v) is 2.75. The molecule has 2 atom stereocenters. The summed E-state index contributed by atoms with van der Waals surface area (Å²) in [6.07, 6.45) is -5.66. The Bertz CT molecular complexity index is 445. The van der Waals surface area contributed by atoms with Gasteiger partial charge in [0.05, 0.1) is 12.1 Å². The number of hydrogen-bond acceptors (Lipinski definition) is 2. The number of aliphatic hydroxyl groups excluding tert-OH is 1. The minimum Gasteiger partial charge on any atom is -0.388 e. The summed E-state index contributed by atoms with van der Waals surface area (Å²) in [7, 11) is 0. The van der Waals surface area contributed by atoms with Crippen LogP contribution in [-0.4, -0.2) is 17.2 Å². The second-order valence-electron chi connectivity index (χ2n) is 3.90. The van der Waals surface area contributed by atoms with Crippen LogP contribution in [-0.2, 0) is 4.79 Å². The normalized spacial score (nSPS) is 23.3. The highest BCUT2D eigenvalue weighted by Crippen LogP contribution is 2.38. The number of alkyl halides is 3. The maximum absolute atomic E-state index is 12.1. The molecule has 0 saturated heterocycles. The van der Waals surface area contributed by atoms with Crippen LogP contribution in [0.5, 0.6) is 0 Å². The second kappa shape index (κ2) is 4.03. The summed E-state index contributed by atoms with van der Waals surface area (Å²) >= 11 is 0. The van der Waals surface area contributed by atoms with Gasteiger partial charge < -0.3 is 10.4 Å². The molecule has 0 aliphatic heterocycles. The van der Waals surface area contributed by atoms with Gasteiger partial charge in [0.15, 0.2) is 0 Å². The summed E-state index contributed by atoms with van der Waals surface area (Å²) in [6.45, 7) is 0. The van der Waals surface area contributed by atoms with E-state index in [1.165, 1.54) is 0 Å². The van der Waals surface area contributed by atoms with Gasteiger partial charge in [0.25, 0.3) is 0 Å².